The third kappa shape index (κ3) is 4.80. The van der Waals surface area contributed by atoms with Gasteiger partial charge >= 0.3 is 0 Å². The normalized spacial score (nSPS) is 18.5. The van der Waals surface area contributed by atoms with Crippen molar-refractivity contribution in [1.82, 2.24) is 14.4 Å². The summed E-state index contributed by atoms with van der Waals surface area (Å²) >= 11 is 3.19. The van der Waals surface area contributed by atoms with Gasteiger partial charge in [-0.1, -0.05) is 12.8 Å². The minimum absolute atomic E-state index is 0.146. The molecule has 2 saturated heterocycles. The van der Waals surface area contributed by atoms with E-state index < -0.39 is 0 Å². The van der Waals surface area contributed by atoms with Crippen LogP contribution in [0.25, 0.3) is 11.8 Å². The highest BCUT2D eigenvalue weighted by Crippen LogP contribution is 2.34. The van der Waals surface area contributed by atoms with Gasteiger partial charge in [-0.2, -0.15) is 0 Å². The Bertz CT molecular complexity index is 1080. The molecule has 32 heavy (non-hydrogen) atoms. The van der Waals surface area contributed by atoms with Crippen molar-refractivity contribution >= 4 is 57.5 Å². The third-order valence-electron chi connectivity index (χ3n) is 5.97. The van der Waals surface area contributed by atoms with Crippen LogP contribution in [0.1, 0.15) is 42.6 Å². The Labute approximate surface area is 206 Å². The second kappa shape index (κ2) is 9.82. The molecule has 3 amide bonds. The van der Waals surface area contributed by atoms with Gasteiger partial charge in [0.2, 0.25) is 5.91 Å². The molecule has 6 nitrogen and oxygen atoms in total. The van der Waals surface area contributed by atoms with Crippen LogP contribution in [-0.2, 0) is 9.59 Å². The fourth-order valence-corrected chi connectivity index (χ4v) is 5.44. The summed E-state index contributed by atoms with van der Waals surface area (Å²) in [7, 11) is 0. The Morgan fingerprint density at radius 2 is 1.72 bits per heavy atom. The first-order valence-electron chi connectivity index (χ1n) is 10.8. The van der Waals surface area contributed by atoms with Gasteiger partial charge < -0.3 is 9.47 Å². The van der Waals surface area contributed by atoms with E-state index in [0.717, 1.165) is 68.6 Å². The van der Waals surface area contributed by atoms with Crippen LogP contribution >= 0.6 is 34.4 Å². The Balaban J connectivity index is 1.53. The SMILES string of the molecule is Cc1cc(C=C2SC(=O)N(CC(=O)N3CCCCCC3)C2=O)c(C)n1-c1ccc(I)cc1. The fraction of sp³-hybridized carbons (Fsp3) is 0.375. The van der Waals surface area contributed by atoms with E-state index in [4.69, 9.17) is 0 Å². The second-order valence-electron chi connectivity index (χ2n) is 8.20. The number of rotatable bonds is 4. The van der Waals surface area contributed by atoms with E-state index in [2.05, 4.69) is 51.4 Å². The molecule has 0 radical (unpaired) electrons. The molecular formula is C24H26IN3O3S. The van der Waals surface area contributed by atoms with E-state index in [1.165, 1.54) is 0 Å². The van der Waals surface area contributed by atoms with Gasteiger partial charge in [0, 0.05) is 33.7 Å². The summed E-state index contributed by atoms with van der Waals surface area (Å²) in [6.45, 7) is 5.26. The topological polar surface area (TPSA) is 62.6 Å². The Morgan fingerprint density at radius 1 is 1.06 bits per heavy atom. The molecule has 168 valence electrons. The molecule has 0 atom stereocenters. The third-order valence-corrected chi connectivity index (χ3v) is 7.59. The number of benzene rings is 1. The average molecular weight is 563 g/mol. The maximum absolute atomic E-state index is 13.0. The van der Waals surface area contributed by atoms with Crippen LogP contribution in [0.3, 0.4) is 0 Å². The minimum Gasteiger partial charge on any atom is -0.341 e. The number of imide groups is 1. The van der Waals surface area contributed by atoms with E-state index in [-0.39, 0.29) is 23.6 Å². The van der Waals surface area contributed by atoms with Gasteiger partial charge in [0.05, 0.1) is 4.91 Å². The van der Waals surface area contributed by atoms with Gasteiger partial charge in [0.1, 0.15) is 6.54 Å². The number of nitrogens with zero attached hydrogens (tertiary/aromatic N) is 3. The first-order valence-corrected chi connectivity index (χ1v) is 12.7. The molecule has 0 spiro atoms. The molecule has 2 aliphatic rings. The van der Waals surface area contributed by atoms with Gasteiger partial charge in [0.15, 0.2) is 0 Å². The van der Waals surface area contributed by atoms with Gasteiger partial charge in [-0.25, -0.2) is 0 Å². The summed E-state index contributed by atoms with van der Waals surface area (Å²) in [4.78, 5) is 41.4. The molecule has 0 bridgehead atoms. The largest absolute Gasteiger partial charge is 0.341 e. The van der Waals surface area contributed by atoms with Crippen molar-refractivity contribution in [3.8, 4) is 5.69 Å². The molecule has 2 aliphatic heterocycles. The molecule has 2 fully saturated rings. The van der Waals surface area contributed by atoms with E-state index in [0.29, 0.717) is 18.0 Å². The molecular weight excluding hydrogens is 537 g/mol. The monoisotopic (exact) mass is 563 g/mol. The summed E-state index contributed by atoms with van der Waals surface area (Å²) < 4.78 is 3.30. The Morgan fingerprint density at radius 3 is 2.38 bits per heavy atom. The number of thioether (sulfide) groups is 1. The number of likely N-dealkylation sites (tertiary alicyclic amines) is 1. The Hall–Kier alpha value is -2.07. The van der Waals surface area contributed by atoms with Crippen LogP contribution in [0, 0.1) is 17.4 Å². The molecule has 0 aliphatic carbocycles. The van der Waals surface area contributed by atoms with Crippen LogP contribution in [0.15, 0.2) is 35.2 Å². The number of hydrogen-bond acceptors (Lipinski definition) is 4. The number of halogens is 1. The minimum atomic E-state index is -0.387. The maximum atomic E-state index is 13.0. The standard InChI is InChI=1S/C24H26IN3O3S/c1-16-13-18(17(2)28(16)20-9-7-19(25)8-10-20)14-21-23(30)27(24(31)32-21)15-22(29)26-11-5-3-4-6-12-26/h7-10,13-14H,3-6,11-12,15H2,1-2H3. The highest BCUT2D eigenvalue weighted by atomic mass is 127. The van der Waals surface area contributed by atoms with Gasteiger partial charge in [-0.15, -0.1) is 0 Å². The zero-order valence-electron chi connectivity index (χ0n) is 18.3. The van der Waals surface area contributed by atoms with E-state index in [9.17, 15) is 14.4 Å². The van der Waals surface area contributed by atoms with E-state index >= 15 is 0 Å². The van der Waals surface area contributed by atoms with Crippen LogP contribution in [0.2, 0.25) is 0 Å². The fourth-order valence-electron chi connectivity index (χ4n) is 4.25. The lowest BCUT2D eigenvalue weighted by atomic mass is 10.2. The van der Waals surface area contributed by atoms with Crippen molar-refractivity contribution in [3.05, 3.63) is 55.8 Å². The number of carbonyl (C=O) groups excluding carboxylic acids is 3. The summed E-state index contributed by atoms with van der Waals surface area (Å²) in [5.41, 5.74) is 3.99. The molecule has 2 aromatic rings. The van der Waals surface area contributed by atoms with Crippen LogP contribution in [-0.4, -0.2) is 51.1 Å². The van der Waals surface area contributed by atoms with Gasteiger partial charge in [0.25, 0.3) is 11.1 Å². The quantitative estimate of drug-likeness (QED) is 0.382. The number of aromatic nitrogens is 1. The molecule has 8 heteroatoms. The first-order chi connectivity index (χ1) is 15.3. The lowest BCUT2D eigenvalue weighted by Crippen LogP contribution is -2.42. The van der Waals surface area contributed by atoms with Crippen molar-refractivity contribution in [2.24, 2.45) is 0 Å². The lowest BCUT2D eigenvalue weighted by molar-refractivity contribution is -0.135. The van der Waals surface area contributed by atoms with Crippen LogP contribution in [0.5, 0.6) is 0 Å². The van der Waals surface area contributed by atoms with Gasteiger partial charge in [-0.05, 0) is 103 Å². The zero-order chi connectivity index (χ0) is 22.8. The predicted octanol–water partition coefficient (Wildman–Crippen LogP) is 5.14. The molecule has 0 saturated carbocycles. The van der Waals surface area contributed by atoms with Gasteiger partial charge in [-0.3, -0.25) is 19.3 Å². The maximum Gasteiger partial charge on any atom is 0.294 e. The summed E-state index contributed by atoms with van der Waals surface area (Å²) in [6, 6.07) is 10.3. The van der Waals surface area contributed by atoms with Crippen molar-refractivity contribution in [2.45, 2.75) is 39.5 Å². The van der Waals surface area contributed by atoms with Crippen LogP contribution < -0.4 is 0 Å². The first kappa shape index (κ1) is 23.1. The number of amides is 3. The molecule has 1 aromatic heterocycles. The number of hydrogen-bond donors (Lipinski definition) is 0. The number of carbonyl (C=O) groups is 3. The predicted molar refractivity (Wildman–Crippen MR) is 136 cm³/mol. The van der Waals surface area contributed by atoms with E-state index in [1.54, 1.807) is 11.0 Å². The van der Waals surface area contributed by atoms with Crippen LogP contribution in [0.4, 0.5) is 4.79 Å². The molecule has 1 aromatic carbocycles. The molecule has 0 N–H and O–H groups in total. The lowest BCUT2D eigenvalue weighted by Gasteiger charge is -2.22. The number of aryl methyl sites for hydroxylation is 1. The summed E-state index contributed by atoms with van der Waals surface area (Å²) in [5.74, 6) is -0.533. The smallest absolute Gasteiger partial charge is 0.294 e. The van der Waals surface area contributed by atoms with Crippen molar-refractivity contribution in [3.63, 3.8) is 0 Å². The summed E-state index contributed by atoms with van der Waals surface area (Å²) in [6.07, 6.45) is 5.96. The Kier molecular flexibility index (Phi) is 7.09. The molecule has 3 heterocycles. The molecule has 4 rings (SSSR count). The summed E-state index contributed by atoms with van der Waals surface area (Å²) in [5, 5.41) is -0.379. The zero-order valence-corrected chi connectivity index (χ0v) is 21.2. The van der Waals surface area contributed by atoms with E-state index in [1.807, 2.05) is 19.9 Å². The molecule has 0 unspecified atom stereocenters. The van der Waals surface area contributed by atoms with Crippen molar-refractivity contribution in [2.75, 3.05) is 19.6 Å². The highest BCUT2D eigenvalue weighted by molar-refractivity contribution is 14.1. The average Bonchev–Trinajstić information content (AvgIpc) is 3.05. The van der Waals surface area contributed by atoms with Crippen molar-refractivity contribution in [1.29, 1.82) is 0 Å². The second-order valence-corrected chi connectivity index (χ2v) is 10.4. The van der Waals surface area contributed by atoms with Crippen molar-refractivity contribution < 1.29 is 14.4 Å². The highest BCUT2D eigenvalue weighted by Gasteiger charge is 2.37.